The maximum absolute atomic E-state index is 10.3. The number of carboxylic acids is 1. The molecule has 0 fully saturated rings. The van der Waals surface area contributed by atoms with E-state index in [2.05, 4.69) is 0 Å². The summed E-state index contributed by atoms with van der Waals surface area (Å²) in [5.41, 5.74) is 0.591. The second-order valence-corrected chi connectivity index (χ2v) is 3.03. The molecule has 1 rings (SSSR count). The zero-order chi connectivity index (χ0) is 13.1. The first-order valence-electron chi connectivity index (χ1n) is 5.62. The van der Waals surface area contributed by atoms with E-state index in [0.29, 0.717) is 24.3 Å². The molecule has 0 saturated carbocycles. The van der Waals surface area contributed by atoms with Crippen molar-refractivity contribution in [2.24, 2.45) is 0 Å². The van der Waals surface area contributed by atoms with Gasteiger partial charge in [-0.3, -0.25) is 9.59 Å². The Morgan fingerprint density at radius 3 is 2.35 bits per heavy atom. The summed E-state index contributed by atoms with van der Waals surface area (Å²) in [6, 6.07) is 6.67. The predicted octanol–water partition coefficient (Wildman–Crippen LogP) is 2.77. The summed E-state index contributed by atoms with van der Waals surface area (Å²) in [7, 11) is 0. The highest BCUT2D eigenvalue weighted by Gasteiger charge is 1.98. The second kappa shape index (κ2) is 9.39. The molecule has 4 heteroatoms. The first-order valence-corrected chi connectivity index (χ1v) is 5.62. The first kappa shape index (κ1) is 15.2. The molecule has 0 saturated heterocycles. The molecule has 17 heavy (non-hydrogen) atoms. The van der Waals surface area contributed by atoms with Crippen LogP contribution in [0.15, 0.2) is 24.3 Å². The first-order chi connectivity index (χ1) is 8.22. The molecule has 0 atom stereocenters. The molecular formula is C13H18O4. The highest BCUT2D eigenvalue weighted by molar-refractivity contribution is 5.74. The van der Waals surface area contributed by atoms with Gasteiger partial charge in [-0.1, -0.05) is 13.8 Å². The van der Waals surface area contributed by atoms with Crippen molar-refractivity contribution in [2.75, 3.05) is 6.61 Å². The normalized spacial score (nSPS) is 8.82. The summed E-state index contributed by atoms with van der Waals surface area (Å²) in [6.45, 7) is 4.37. The predicted molar refractivity (Wildman–Crippen MR) is 65.5 cm³/mol. The fraction of sp³-hybridized carbons (Fsp3) is 0.385. The number of benzene rings is 1. The molecule has 0 heterocycles. The average molecular weight is 238 g/mol. The van der Waals surface area contributed by atoms with Crippen molar-refractivity contribution < 1.29 is 19.4 Å². The highest BCUT2D eigenvalue weighted by atomic mass is 16.5. The van der Waals surface area contributed by atoms with Crippen LogP contribution in [0.3, 0.4) is 0 Å². The third kappa shape index (κ3) is 7.11. The maximum atomic E-state index is 10.3. The molecule has 0 aliphatic rings. The van der Waals surface area contributed by atoms with Crippen LogP contribution in [0.4, 0.5) is 0 Å². The SMILES string of the molecule is CC.O=Cc1ccc(OCCCC(=O)O)cc1. The van der Waals surface area contributed by atoms with Crippen LogP contribution in [0, 0.1) is 0 Å². The van der Waals surface area contributed by atoms with Crippen LogP contribution in [-0.2, 0) is 4.79 Å². The van der Waals surface area contributed by atoms with E-state index in [1.807, 2.05) is 13.8 Å². The zero-order valence-corrected chi connectivity index (χ0v) is 10.2. The summed E-state index contributed by atoms with van der Waals surface area (Å²) < 4.78 is 5.28. The number of rotatable bonds is 6. The summed E-state index contributed by atoms with van der Waals surface area (Å²) in [6.07, 6.45) is 1.34. The van der Waals surface area contributed by atoms with Gasteiger partial charge < -0.3 is 9.84 Å². The fourth-order valence-electron chi connectivity index (χ4n) is 1.06. The summed E-state index contributed by atoms with van der Waals surface area (Å²) in [5, 5.41) is 8.38. The van der Waals surface area contributed by atoms with Crippen molar-refractivity contribution in [1.29, 1.82) is 0 Å². The van der Waals surface area contributed by atoms with Gasteiger partial charge in [0, 0.05) is 12.0 Å². The largest absolute Gasteiger partial charge is 0.494 e. The summed E-state index contributed by atoms with van der Waals surface area (Å²) in [5.74, 6) is -0.180. The van der Waals surface area contributed by atoms with Crippen molar-refractivity contribution in [3.05, 3.63) is 29.8 Å². The molecule has 4 nitrogen and oxygen atoms in total. The van der Waals surface area contributed by atoms with E-state index in [9.17, 15) is 9.59 Å². The van der Waals surface area contributed by atoms with Crippen LogP contribution in [0.1, 0.15) is 37.0 Å². The quantitative estimate of drug-likeness (QED) is 0.611. The third-order valence-corrected chi connectivity index (χ3v) is 1.82. The monoisotopic (exact) mass is 238 g/mol. The van der Waals surface area contributed by atoms with Crippen molar-refractivity contribution in [3.8, 4) is 5.75 Å². The van der Waals surface area contributed by atoms with E-state index < -0.39 is 5.97 Å². The van der Waals surface area contributed by atoms with Gasteiger partial charge in [-0.15, -0.1) is 0 Å². The zero-order valence-electron chi connectivity index (χ0n) is 10.2. The van der Waals surface area contributed by atoms with Crippen LogP contribution in [0.25, 0.3) is 0 Å². The number of carbonyl (C=O) groups is 2. The van der Waals surface area contributed by atoms with E-state index in [1.165, 1.54) is 0 Å². The van der Waals surface area contributed by atoms with E-state index in [1.54, 1.807) is 24.3 Å². The lowest BCUT2D eigenvalue weighted by molar-refractivity contribution is -0.137. The fourth-order valence-corrected chi connectivity index (χ4v) is 1.06. The summed E-state index contributed by atoms with van der Waals surface area (Å²) >= 11 is 0. The Kier molecular flexibility index (Phi) is 8.37. The van der Waals surface area contributed by atoms with Crippen LogP contribution in [0.2, 0.25) is 0 Å². The molecule has 1 aromatic rings. The third-order valence-electron chi connectivity index (χ3n) is 1.82. The Morgan fingerprint density at radius 1 is 1.29 bits per heavy atom. The van der Waals surface area contributed by atoms with Gasteiger partial charge in [-0.2, -0.15) is 0 Å². The number of hydrogen-bond acceptors (Lipinski definition) is 3. The minimum atomic E-state index is -0.824. The van der Waals surface area contributed by atoms with Crippen LogP contribution in [-0.4, -0.2) is 24.0 Å². The Morgan fingerprint density at radius 2 is 1.88 bits per heavy atom. The van der Waals surface area contributed by atoms with Gasteiger partial charge in [0.25, 0.3) is 0 Å². The Bertz CT molecular complexity index is 330. The van der Waals surface area contributed by atoms with Crippen molar-refractivity contribution in [3.63, 3.8) is 0 Å². The number of aldehydes is 1. The van der Waals surface area contributed by atoms with Crippen LogP contribution in [0.5, 0.6) is 5.75 Å². The van der Waals surface area contributed by atoms with Crippen molar-refractivity contribution in [1.82, 2.24) is 0 Å². The van der Waals surface area contributed by atoms with Gasteiger partial charge >= 0.3 is 5.97 Å². The number of carbonyl (C=O) groups excluding carboxylic acids is 1. The lowest BCUT2D eigenvalue weighted by Crippen LogP contribution is -2.01. The molecule has 0 unspecified atom stereocenters. The Labute approximate surface area is 101 Å². The van der Waals surface area contributed by atoms with Gasteiger partial charge in [-0.05, 0) is 30.7 Å². The lowest BCUT2D eigenvalue weighted by atomic mass is 10.2. The molecule has 0 aliphatic heterocycles. The molecule has 0 amide bonds. The van der Waals surface area contributed by atoms with Crippen molar-refractivity contribution in [2.45, 2.75) is 26.7 Å². The standard InChI is InChI=1S/C11H12O4.C2H6/c12-8-9-3-5-10(6-4-9)15-7-1-2-11(13)14;1-2/h3-6,8H,1-2,7H2,(H,13,14);1-2H3. The average Bonchev–Trinajstić information content (AvgIpc) is 2.37. The van der Waals surface area contributed by atoms with E-state index >= 15 is 0 Å². The second-order valence-electron chi connectivity index (χ2n) is 3.03. The number of carboxylic acid groups (broad SMARTS) is 1. The van der Waals surface area contributed by atoms with Crippen LogP contribution < -0.4 is 4.74 Å². The van der Waals surface area contributed by atoms with Gasteiger partial charge in [-0.25, -0.2) is 0 Å². The van der Waals surface area contributed by atoms with Gasteiger partial charge in [0.15, 0.2) is 0 Å². The Balaban J connectivity index is 0.00000121. The van der Waals surface area contributed by atoms with Crippen molar-refractivity contribution >= 4 is 12.3 Å². The molecule has 0 aliphatic carbocycles. The topological polar surface area (TPSA) is 63.6 Å². The minimum absolute atomic E-state index is 0.104. The smallest absolute Gasteiger partial charge is 0.303 e. The highest BCUT2D eigenvalue weighted by Crippen LogP contribution is 2.11. The molecule has 94 valence electrons. The Hall–Kier alpha value is -1.84. The van der Waals surface area contributed by atoms with E-state index in [0.717, 1.165) is 6.29 Å². The van der Waals surface area contributed by atoms with Gasteiger partial charge in [0.1, 0.15) is 12.0 Å². The molecule has 1 aromatic carbocycles. The minimum Gasteiger partial charge on any atom is -0.494 e. The van der Waals surface area contributed by atoms with Gasteiger partial charge in [0.05, 0.1) is 6.61 Å². The molecule has 1 N–H and O–H groups in total. The maximum Gasteiger partial charge on any atom is 0.303 e. The van der Waals surface area contributed by atoms with E-state index in [4.69, 9.17) is 9.84 Å². The van der Waals surface area contributed by atoms with Gasteiger partial charge in [0.2, 0.25) is 0 Å². The lowest BCUT2D eigenvalue weighted by Gasteiger charge is -2.04. The number of hydrogen-bond donors (Lipinski definition) is 1. The number of ether oxygens (including phenoxy) is 1. The summed E-state index contributed by atoms with van der Waals surface area (Å²) in [4.78, 5) is 20.5. The molecule has 0 bridgehead atoms. The van der Waals surface area contributed by atoms with Crippen LogP contribution >= 0.6 is 0 Å². The molecule has 0 radical (unpaired) electrons. The van der Waals surface area contributed by atoms with E-state index in [-0.39, 0.29) is 6.42 Å². The molecular weight excluding hydrogens is 220 g/mol. The molecule has 0 spiro atoms. The molecule has 0 aromatic heterocycles. The number of aliphatic carboxylic acids is 1.